The molecule has 0 spiro atoms. The van der Waals surface area contributed by atoms with Crippen molar-refractivity contribution in [3.05, 3.63) is 63.4 Å². The molecule has 36 heavy (non-hydrogen) atoms. The quantitative estimate of drug-likeness (QED) is 0.398. The number of rotatable bonds is 4. The molecule has 9 heteroatoms. The first-order chi connectivity index (χ1) is 17.4. The Morgan fingerprint density at radius 2 is 2.06 bits per heavy atom. The number of thiophene rings is 1. The molecule has 0 aliphatic carbocycles. The van der Waals surface area contributed by atoms with Crippen LogP contribution in [0.5, 0.6) is 0 Å². The fourth-order valence-electron chi connectivity index (χ4n) is 5.64. The Labute approximate surface area is 220 Å². The standard InChI is InChI=1S/C27H29N5O2S2/c1-15-16(2)36-26-23(15)24(28-14-29-26)18-7-9-31(10-8-18)12-17-3-4-20-19(11-17)13-32(27(20)35)21-5-6-22(33)30-25(21)34/h3-4,7,11,14,21,27,35H,5-6,8-10,12-13H2,1-2H3,(H,30,33,34). The summed E-state index contributed by atoms with van der Waals surface area (Å²) in [7, 11) is 0. The Kier molecular flexibility index (Phi) is 6.19. The Morgan fingerprint density at radius 1 is 1.19 bits per heavy atom. The lowest BCUT2D eigenvalue weighted by Gasteiger charge is -2.32. The van der Waals surface area contributed by atoms with Gasteiger partial charge < -0.3 is 0 Å². The zero-order chi connectivity index (χ0) is 25.0. The predicted octanol–water partition coefficient (Wildman–Crippen LogP) is 4.15. The minimum Gasteiger partial charge on any atom is -0.295 e. The lowest BCUT2D eigenvalue weighted by atomic mass is 9.99. The highest BCUT2D eigenvalue weighted by Crippen LogP contribution is 2.40. The molecular weight excluding hydrogens is 490 g/mol. The Morgan fingerprint density at radius 3 is 2.83 bits per heavy atom. The van der Waals surface area contributed by atoms with Crippen LogP contribution in [0.25, 0.3) is 15.8 Å². The van der Waals surface area contributed by atoms with Crippen molar-refractivity contribution in [2.24, 2.45) is 0 Å². The SMILES string of the molecule is Cc1sc2ncnc(C3=CCN(Cc4ccc5c(c4)CN(C4CCC(=O)NC4=O)C5S)CC3)c2c1C. The van der Waals surface area contributed by atoms with Crippen LogP contribution in [0, 0.1) is 13.8 Å². The Bertz CT molecular complexity index is 1410. The predicted molar refractivity (Wildman–Crippen MR) is 145 cm³/mol. The van der Waals surface area contributed by atoms with Crippen molar-refractivity contribution in [1.82, 2.24) is 25.1 Å². The fourth-order valence-corrected chi connectivity index (χ4v) is 7.13. The van der Waals surface area contributed by atoms with Crippen LogP contribution < -0.4 is 5.32 Å². The maximum atomic E-state index is 12.4. The molecule has 5 heterocycles. The summed E-state index contributed by atoms with van der Waals surface area (Å²) in [5.41, 5.74) is 7.34. The molecule has 2 aromatic heterocycles. The zero-order valence-electron chi connectivity index (χ0n) is 20.5. The van der Waals surface area contributed by atoms with Gasteiger partial charge in [0.1, 0.15) is 11.2 Å². The van der Waals surface area contributed by atoms with Gasteiger partial charge in [0.05, 0.1) is 17.1 Å². The van der Waals surface area contributed by atoms with E-state index in [4.69, 9.17) is 12.6 Å². The average Bonchev–Trinajstić information content (AvgIpc) is 3.35. The highest BCUT2D eigenvalue weighted by atomic mass is 32.1. The molecule has 3 aliphatic rings. The fraction of sp³-hybridized carbons (Fsp3) is 0.407. The highest BCUT2D eigenvalue weighted by Gasteiger charge is 2.39. The molecule has 0 saturated carbocycles. The summed E-state index contributed by atoms with van der Waals surface area (Å²) in [4.78, 5) is 40.1. The molecule has 7 nitrogen and oxygen atoms in total. The number of nitrogens with one attached hydrogen (secondary N) is 1. The van der Waals surface area contributed by atoms with Gasteiger partial charge in [-0.15, -0.1) is 11.3 Å². The third-order valence-electron chi connectivity index (χ3n) is 7.73. The zero-order valence-corrected chi connectivity index (χ0v) is 22.2. The summed E-state index contributed by atoms with van der Waals surface area (Å²) in [6, 6.07) is 6.28. The molecule has 1 aromatic carbocycles. The first-order valence-electron chi connectivity index (χ1n) is 12.4. The van der Waals surface area contributed by atoms with E-state index in [1.54, 1.807) is 17.7 Å². The summed E-state index contributed by atoms with van der Waals surface area (Å²) >= 11 is 6.56. The molecule has 1 fully saturated rings. The number of hydrogen-bond donors (Lipinski definition) is 2. The van der Waals surface area contributed by atoms with Crippen LogP contribution in [0.1, 0.15) is 57.5 Å². The van der Waals surface area contributed by atoms with Gasteiger partial charge in [0.25, 0.3) is 0 Å². The number of amides is 2. The largest absolute Gasteiger partial charge is 0.295 e. The Balaban J connectivity index is 1.15. The molecule has 3 aliphatic heterocycles. The molecule has 2 unspecified atom stereocenters. The van der Waals surface area contributed by atoms with E-state index in [0.29, 0.717) is 19.4 Å². The van der Waals surface area contributed by atoms with Crippen LogP contribution in [0.15, 0.2) is 30.6 Å². The van der Waals surface area contributed by atoms with Gasteiger partial charge in [0, 0.05) is 42.9 Å². The molecule has 0 radical (unpaired) electrons. The van der Waals surface area contributed by atoms with Crippen molar-refractivity contribution in [1.29, 1.82) is 0 Å². The lowest BCUT2D eigenvalue weighted by molar-refractivity contribution is -0.137. The number of hydrogen-bond acceptors (Lipinski definition) is 8. The van der Waals surface area contributed by atoms with Crippen molar-refractivity contribution in [2.45, 2.75) is 57.6 Å². The number of piperidine rings is 1. The van der Waals surface area contributed by atoms with Crippen LogP contribution in [0.3, 0.4) is 0 Å². The summed E-state index contributed by atoms with van der Waals surface area (Å²) in [5, 5.41) is 3.55. The monoisotopic (exact) mass is 519 g/mol. The van der Waals surface area contributed by atoms with Gasteiger partial charge in [-0.05, 0) is 54.5 Å². The second kappa shape index (κ2) is 9.37. The van der Waals surface area contributed by atoms with Crippen LogP contribution in [0.4, 0.5) is 0 Å². The second-order valence-corrected chi connectivity index (χ2v) is 11.6. The number of imide groups is 1. The number of aryl methyl sites for hydroxylation is 2. The van der Waals surface area contributed by atoms with Gasteiger partial charge in [0.2, 0.25) is 11.8 Å². The number of nitrogens with zero attached hydrogens (tertiary/aromatic N) is 4. The second-order valence-electron chi connectivity index (χ2n) is 9.95. The minimum absolute atomic E-state index is 0.132. The lowest BCUT2D eigenvalue weighted by Crippen LogP contribution is -2.51. The normalized spacial score (nSPS) is 23.1. The van der Waals surface area contributed by atoms with Gasteiger partial charge in [-0.1, -0.05) is 24.3 Å². The summed E-state index contributed by atoms with van der Waals surface area (Å²) in [6.07, 6.45) is 5.91. The molecule has 186 valence electrons. The molecule has 1 saturated heterocycles. The first-order valence-corrected chi connectivity index (χ1v) is 13.7. The highest BCUT2D eigenvalue weighted by molar-refractivity contribution is 7.80. The number of benzene rings is 1. The van der Waals surface area contributed by atoms with Crippen molar-refractivity contribution >= 4 is 51.6 Å². The first kappa shape index (κ1) is 23.8. The van der Waals surface area contributed by atoms with E-state index >= 15 is 0 Å². The van der Waals surface area contributed by atoms with Crippen molar-refractivity contribution in [3.63, 3.8) is 0 Å². The van der Waals surface area contributed by atoms with E-state index in [1.807, 2.05) is 0 Å². The van der Waals surface area contributed by atoms with Crippen molar-refractivity contribution in [2.75, 3.05) is 13.1 Å². The number of carbonyl (C=O) groups excluding carboxylic acids is 2. The number of aromatic nitrogens is 2. The topological polar surface area (TPSA) is 78.4 Å². The summed E-state index contributed by atoms with van der Waals surface area (Å²) in [5.74, 6) is -0.391. The van der Waals surface area contributed by atoms with E-state index in [-0.39, 0.29) is 23.2 Å². The Hall–Kier alpha value is -2.59. The molecular formula is C27H29N5O2S2. The van der Waals surface area contributed by atoms with Gasteiger partial charge in [-0.25, -0.2) is 9.97 Å². The van der Waals surface area contributed by atoms with E-state index in [2.05, 4.69) is 63.2 Å². The maximum Gasteiger partial charge on any atom is 0.243 e. The number of thiol groups is 1. The number of fused-ring (bicyclic) bond motifs is 2. The van der Waals surface area contributed by atoms with Crippen LogP contribution in [-0.2, 0) is 22.7 Å². The van der Waals surface area contributed by atoms with Crippen molar-refractivity contribution < 1.29 is 9.59 Å². The smallest absolute Gasteiger partial charge is 0.243 e. The average molecular weight is 520 g/mol. The van der Waals surface area contributed by atoms with E-state index < -0.39 is 0 Å². The van der Waals surface area contributed by atoms with Crippen LogP contribution >= 0.6 is 24.0 Å². The molecule has 2 amide bonds. The van der Waals surface area contributed by atoms with E-state index in [9.17, 15) is 9.59 Å². The van der Waals surface area contributed by atoms with Gasteiger partial charge in [-0.3, -0.25) is 24.7 Å². The summed E-state index contributed by atoms with van der Waals surface area (Å²) in [6.45, 7) is 7.74. The van der Waals surface area contributed by atoms with Gasteiger partial charge in [-0.2, -0.15) is 12.6 Å². The van der Waals surface area contributed by atoms with Crippen LogP contribution in [0.2, 0.25) is 0 Å². The van der Waals surface area contributed by atoms with E-state index in [0.717, 1.165) is 42.1 Å². The van der Waals surface area contributed by atoms with Gasteiger partial charge in [0.15, 0.2) is 0 Å². The molecule has 6 rings (SSSR count). The molecule has 1 N–H and O–H groups in total. The summed E-state index contributed by atoms with van der Waals surface area (Å²) < 4.78 is 0. The maximum absolute atomic E-state index is 12.4. The third kappa shape index (κ3) is 4.18. The third-order valence-corrected chi connectivity index (χ3v) is 9.42. The molecule has 0 bridgehead atoms. The minimum atomic E-state index is -0.310. The van der Waals surface area contributed by atoms with Crippen LogP contribution in [-0.4, -0.2) is 50.7 Å². The van der Waals surface area contributed by atoms with Gasteiger partial charge >= 0.3 is 0 Å². The number of carbonyl (C=O) groups is 2. The van der Waals surface area contributed by atoms with Crippen molar-refractivity contribution in [3.8, 4) is 0 Å². The molecule has 2 atom stereocenters. The molecule has 3 aromatic rings. The van der Waals surface area contributed by atoms with E-state index in [1.165, 1.54) is 32.5 Å².